The average Bonchev–Trinajstić information content (AvgIpc) is 2.76. The van der Waals surface area contributed by atoms with Gasteiger partial charge >= 0.3 is 6.09 Å². The van der Waals surface area contributed by atoms with Gasteiger partial charge < -0.3 is 10.1 Å². The Hall–Kier alpha value is -1.55. The van der Waals surface area contributed by atoms with Crippen LogP contribution in [0.2, 0.25) is 0 Å². The molecule has 1 aromatic rings. The minimum absolute atomic E-state index is 0.414. The highest BCUT2D eigenvalue weighted by molar-refractivity contribution is 5.85. The molecule has 4 nitrogen and oxygen atoms in total. The van der Waals surface area contributed by atoms with E-state index in [0.29, 0.717) is 0 Å². The molecule has 0 aromatic heterocycles. The lowest BCUT2D eigenvalue weighted by atomic mass is 10.1. The lowest BCUT2D eigenvalue weighted by Gasteiger charge is -2.19. The molecule has 4 heteroatoms. The highest BCUT2D eigenvalue weighted by atomic mass is 16.6. The molecule has 0 saturated carbocycles. The summed E-state index contributed by atoms with van der Waals surface area (Å²) in [5, 5.41) is 6.00. The van der Waals surface area contributed by atoms with Gasteiger partial charge in [0.25, 0.3) is 0 Å². The second-order valence-electron chi connectivity index (χ2n) is 5.21. The maximum Gasteiger partial charge on any atom is 0.412 e. The lowest BCUT2D eigenvalue weighted by molar-refractivity contribution is 0.0636. The Labute approximate surface area is 115 Å². The van der Waals surface area contributed by atoms with E-state index in [1.54, 1.807) is 0 Å². The molecule has 106 valence electrons. The molecule has 2 rings (SSSR count). The number of rotatable bonds is 1. The van der Waals surface area contributed by atoms with Crippen molar-refractivity contribution in [1.29, 1.82) is 0 Å². The first-order chi connectivity index (χ1) is 8.94. The average molecular weight is 264 g/mol. The van der Waals surface area contributed by atoms with E-state index in [4.69, 9.17) is 4.74 Å². The van der Waals surface area contributed by atoms with Gasteiger partial charge in [0.15, 0.2) is 0 Å². The third kappa shape index (κ3) is 4.91. The van der Waals surface area contributed by atoms with Crippen LogP contribution < -0.4 is 10.6 Å². The van der Waals surface area contributed by atoms with Crippen molar-refractivity contribution in [3.05, 3.63) is 29.3 Å². The van der Waals surface area contributed by atoms with Crippen LogP contribution in [0.4, 0.5) is 10.5 Å². The molecular weight excluding hydrogens is 240 g/mol. The van der Waals surface area contributed by atoms with Crippen molar-refractivity contribution in [3.63, 3.8) is 0 Å². The molecular formula is C15H24N2O2. The summed E-state index contributed by atoms with van der Waals surface area (Å²) in [5.41, 5.74) is 2.84. The van der Waals surface area contributed by atoms with E-state index in [9.17, 15) is 4.79 Å². The smallest absolute Gasteiger partial charge is 0.412 e. The summed E-state index contributed by atoms with van der Waals surface area (Å²) in [4.78, 5) is 11.6. The Morgan fingerprint density at radius 2 is 1.84 bits per heavy atom. The first-order valence-corrected chi connectivity index (χ1v) is 6.76. The Morgan fingerprint density at radius 1 is 1.21 bits per heavy atom. The van der Waals surface area contributed by atoms with E-state index in [1.807, 2.05) is 52.8 Å². The van der Waals surface area contributed by atoms with Crippen molar-refractivity contribution in [1.82, 2.24) is 5.32 Å². The fourth-order valence-corrected chi connectivity index (χ4v) is 1.79. The molecule has 0 fully saturated rings. The zero-order valence-corrected chi connectivity index (χ0v) is 12.5. The van der Waals surface area contributed by atoms with Crippen LogP contribution in [0.1, 0.15) is 45.7 Å². The van der Waals surface area contributed by atoms with Gasteiger partial charge in [-0.2, -0.15) is 0 Å². The number of carbonyl (C=O) groups is 1. The maximum atomic E-state index is 11.6. The van der Waals surface area contributed by atoms with Gasteiger partial charge in [0.1, 0.15) is 5.60 Å². The van der Waals surface area contributed by atoms with Crippen LogP contribution >= 0.6 is 0 Å². The van der Waals surface area contributed by atoms with Gasteiger partial charge in [0, 0.05) is 18.8 Å². The molecule has 0 saturated heterocycles. The maximum absolute atomic E-state index is 11.6. The largest absolute Gasteiger partial charge is 0.444 e. The van der Waals surface area contributed by atoms with Crippen LogP contribution in [0.3, 0.4) is 0 Å². The van der Waals surface area contributed by atoms with E-state index in [-0.39, 0.29) is 0 Å². The molecule has 1 amide bonds. The van der Waals surface area contributed by atoms with Crippen LogP contribution in [-0.4, -0.2) is 11.7 Å². The van der Waals surface area contributed by atoms with Crippen molar-refractivity contribution in [2.24, 2.45) is 0 Å². The molecule has 1 aromatic carbocycles. The Balaban J connectivity index is 0.000000861. The van der Waals surface area contributed by atoms with Crippen LogP contribution in [0.25, 0.3) is 0 Å². The summed E-state index contributed by atoms with van der Waals surface area (Å²) >= 11 is 0. The molecule has 1 aliphatic heterocycles. The normalized spacial score (nSPS) is 13.1. The van der Waals surface area contributed by atoms with Crippen LogP contribution in [0.5, 0.6) is 0 Å². The Morgan fingerprint density at radius 3 is 2.47 bits per heavy atom. The molecule has 0 aliphatic carbocycles. The predicted molar refractivity (Wildman–Crippen MR) is 78.2 cm³/mol. The number of hydrogen-bond acceptors (Lipinski definition) is 3. The number of anilines is 1. The monoisotopic (exact) mass is 264 g/mol. The van der Waals surface area contributed by atoms with Crippen molar-refractivity contribution in [2.75, 3.05) is 5.32 Å². The van der Waals surface area contributed by atoms with Gasteiger partial charge in [0.2, 0.25) is 0 Å². The molecule has 0 spiro atoms. The van der Waals surface area contributed by atoms with Crippen LogP contribution in [0, 0.1) is 0 Å². The number of ether oxygens (including phenoxy) is 1. The summed E-state index contributed by atoms with van der Waals surface area (Å²) in [7, 11) is 0. The topological polar surface area (TPSA) is 50.4 Å². The molecule has 0 unspecified atom stereocenters. The van der Waals surface area contributed by atoms with E-state index in [0.717, 1.165) is 18.8 Å². The van der Waals surface area contributed by atoms with Crippen LogP contribution in [-0.2, 0) is 17.8 Å². The first-order valence-electron chi connectivity index (χ1n) is 6.76. The molecule has 1 heterocycles. The minimum atomic E-state index is -0.470. The Bertz CT molecular complexity index is 436. The van der Waals surface area contributed by atoms with Gasteiger partial charge in [0.05, 0.1) is 0 Å². The summed E-state index contributed by atoms with van der Waals surface area (Å²) in [6, 6.07) is 5.91. The van der Waals surface area contributed by atoms with Gasteiger partial charge in [-0.05, 0) is 44.0 Å². The van der Waals surface area contributed by atoms with Gasteiger partial charge in [-0.1, -0.05) is 19.9 Å². The fourth-order valence-electron chi connectivity index (χ4n) is 1.79. The van der Waals surface area contributed by atoms with Crippen LogP contribution in [0.15, 0.2) is 18.2 Å². The van der Waals surface area contributed by atoms with Crippen molar-refractivity contribution in [2.45, 2.75) is 53.3 Å². The van der Waals surface area contributed by atoms with E-state index >= 15 is 0 Å². The van der Waals surface area contributed by atoms with Crippen molar-refractivity contribution >= 4 is 11.8 Å². The molecule has 1 aliphatic rings. The number of carbonyl (C=O) groups excluding carboxylic acids is 1. The highest BCUT2D eigenvalue weighted by Gasteiger charge is 2.17. The van der Waals surface area contributed by atoms with Crippen molar-refractivity contribution < 1.29 is 9.53 Å². The standard InChI is InChI=1S/C13H18N2O2.C2H6/c1-13(2,3)17-12(16)15-11-5-4-9-7-14-8-10(9)6-11;1-2/h4-6,14H,7-8H2,1-3H3,(H,15,16);1-2H3. The van der Waals surface area contributed by atoms with Gasteiger partial charge in [-0.25, -0.2) is 4.79 Å². The van der Waals surface area contributed by atoms with E-state index < -0.39 is 11.7 Å². The molecule has 0 radical (unpaired) electrons. The Kier molecular flexibility index (Phi) is 5.36. The SMILES string of the molecule is CC.CC(C)(C)OC(=O)Nc1ccc2c(c1)CNC2. The second-order valence-corrected chi connectivity index (χ2v) is 5.21. The molecule has 0 bridgehead atoms. The third-order valence-electron chi connectivity index (χ3n) is 2.48. The predicted octanol–water partition coefficient (Wildman–Crippen LogP) is 3.66. The molecule has 0 atom stereocenters. The van der Waals surface area contributed by atoms with Gasteiger partial charge in [-0.3, -0.25) is 5.32 Å². The number of amides is 1. The summed E-state index contributed by atoms with van der Waals surface area (Å²) in [5.74, 6) is 0. The lowest BCUT2D eigenvalue weighted by Crippen LogP contribution is -2.27. The first kappa shape index (κ1) is 15.5. The zero-order valence-electron chi connectivity index (χ0n) is 12.5. The number of benzene rings is 1. The van der Waals surface area contributed by atoms with Crippen molar-refractivity contribution in [3.8, 4) is 0 Å². The summed E-state index contributed by atoms with van der Waals surface area (Å²) < 4.78 is 5.20. The fraction of sp³-hybridized carbons (Fsp3) is 0.533. The van der Waals surface area contributed by atoms with E-state index in [1.165, 1.54) is 11.1 Å². The molecule has 19 heavy (non-hydrogen) atoms. The summed E-state index contributed by atoms with van der Waals surface area (Å²) in [6.45, 7) is 11.3. The van der Waals surface area contributed by atoms with E-state index in [2.05, 4.69) is 10.6 Å². The zero-order chi connectivity index (χ0) is 14.5. The van der Waals surface area contributed by atoms with Gasteiger partial charge in [-0.15, -0.1) is 0 Å². The number of nitrogens with one attached hydrogen (secondary N) is 2. The second kappa shape index (κ2) is 6.57. The number of hydrogen-bond donors (Lipinski definition) is 2. The third-order valence-corrected chi connectivity index (χ3v) is 2.48. The molecule has 2 N–H and O–H groups in total. The number of fused-ring (bicyclic) bond motifs is 1. The minimum Gasteiger partial charge on any atom is -0.444 e. The highest BCUT2D eigenvalue weighted by Crippen LogP contribution is 2.20. The quantitative estimate of drug-likeness (QED) is 0.813. The summed E-state index contributed by atoms with van der Waals surface area (Å²) in [6.07, 6.45) is -0.414.